The van der Waals surface area contributed by atoms with Crippen molar-refractivity contribution in [2.24, 2.45) is 7.05 Å². The lowest BCUT2D eigenvalue weighted by Crippen LogP contribution is -2.43. The number of aromatic nitrogens is 3. The number of carbonyl (C=O) groups excluding carboxylic acids is 1. The summed E-state index contributed by atoms with van der Waals surface area (Å²) in [6.45, 7) is 6.76. The maximum absolute atomic E-state index is 12.7. The Morgan fingerprint density at radius 1 is 1.35 bits per heavy atom. The second-order valence-corrected chi connectivity index (χ2v) is 6.61. The number of amides is 1. The van der Waals surface area contributed by atoms with Crippen molar-refractivity contribution in [3.63, 3.8) is 0 Å². The second-order valence-electron chi connectivity index (χ2n) is 6.61. The number of likely N-dealkylation sites (tertiary alicyclic amines) is 1. The predicted molar refractivity (Wildman–Crippen MR) is 89.5 cm³/mol. The number of nitrogens with zero attached hydrogens (tertiary/aromatic N) is 3. The molecule has 1 aliphatic rings. The smallest absolute Gasteiger partial charge is 0.273 e. The SMILES string of the molecule is Cc1nc2c(c(C)c1CC(=O)N1CCCC[C@H]1C)c(=O)[nH]n2C. The van der Waals surface area contributed by atoms with E-state index in [1.165, 1.54) is 6.42 Å². The van der Waals surface area contributed by atoms with Crippen LogP contribution in [0.15, 0.2) is 4.79 Å². The number of aryl methyl sites for hydroxylation is 3. The van der Waals surface area contributed by atoms with Gasteiger partial charge in [-0.1, -0.05) is 0 Å². The predicted octanol–water partition coefficient (Wildman–Crippen LogP) is 1.82. The molecule has 1 saturated heterocycles. The summed E-state index contributed by atoms with van der Waals surface area (Å²) in [7, 11) is 1.77. The normalized spacial score (nSPS) is 18.6. The van der Waals surface area contributed by atoms with Crippen LogP contribution in [0.1, 0.15) is 43.0 Å². The Labute approximate surface area is 135 Å². The van der Waals surface area contributed by atoms with Crippen LogP contribution in [0.4, 0.5) is 0 Å². The fraction of sp³-hybridized carbons (Fsp3) is 0.588. The van der Waals surface area contributed by atoms with Crippen LogP contribution in [0.5, 0.6) is 0 Å². The first kappa shape index (κ1) is 15.8. The lowest BCUT2D eigenvalue weighted by molar-refractivity contribution is -0.133. The van der Waals surface area contributed by atoms with Gasteiger partial charge in [0.1, 0.15) is 0 Å². The van der Waals surface area contributed by atoms with Crippen molar-refractivity contribution >= 4 is 16.9 Å². The third-order valence-corrected chi connectivity index (χ3v) is 5.03. The van der Waals surface area contributed by atoms with Gasteiger partial charge in [-0.15, -0.1) is 0 Å². The molecule has 1 N–H and O–H groups in total. The van der Waals surface area contributed by atoms with Crippen LogP contribution in [0.25, 0.3) is 11.0 Å². The Morgan fingerprint density at radius 2 is 2.09 bits per heavy atom. The van der Waals surface area contributed by atoms with E-state index >= 15 is 0 Å². The highest BCUT2D eigenvalue weighted by Gasteiger charge is 2.25. The van der Waals surface area contributed by atoms with Gasteiger partial charge in [0.2, 0.25) is 5.91 Å². The number of pyridine rings is 1. The zero-order valence-corrected chi connectivity index (χ0v) is 14.3. The minimum Gasteiger partial charge on any atom is -0.340 e. The molecule has 23 heavy (non-hydrogen) atoms. The molecule has 124 valence electrons. The first-order chi connectivity index (χ1) is 10.9. The molecular weight excluding hydrogens is 292 g/mol. The van der Waals surface area contributed by atoms with Crippen molar-refractivity contribution in [2.75, 3.05) is 6.54 Å². The fourth-order valence-corrected chi connectivity index (χ4v) is 3.63. The summed E-state index contributed by atoms with van der Waals surface area (Å²) in [5.41, 5.74) is 3.08. The van der Waals surface area contributed by atoms with Gasteiger partial charge < -0.3 is 4.90 Å². The Hall–Kier alpha value is -2.11. The summed E-state index contributed by atoms with van der Waals surface area (Å²) in [5, 5.41) is 3.33. The van der Waals surface area contributed by atoms with Gasteiger partial charge in [-0.2, -0.15) is 0 Å². The molecule has 1 aliphatic heterocycles. The number of nitrogens with one attached hydrogen (secondary N) is 1. The van der Waals surface area contributed by atoms with E-state index in [0.717, 1.165) is 36.2 Å². The highest BCUT2D eigenvalue weighted by molar-refractivity contribution is 5.84. The topological polar surface area (TPSA) is 71.0 Å². The van der Waals surface area contributed by atoms with Crippen LogP contribution in [0.2, 0.25) is 0 Å². The van der Waals surface area contributed by atoms with Gasteiger partial charge in [-0.25, -0.2) is 4.98 Å². The standard InChI is InChI=1S/C17H24N4O2/c1-10-7-5-6-8-21(10)14(22)9-13-11(2)15-16(18-12(13)3)20(4)19-17(15)23/h10H,5-9H2,1-4H3,(H,19,23)/t10-/m1/s1. The fourth-order valence-electron chi connectivity index (χ4n) is 3.63. The highest BCUT2D eigenvalue weighted by Crippen LogP contribution is 2.23. The Kier molecular flexibility index (Phi) is 4.00. The van der Waals surface area contributed by atoms with Crippen LogP contribution in [0, 0.1) is 13.8 Å². The summed E-state index contributed by atoms with van der Waals surface area (Å²) in [6, 6.07) is 0.300. The van der Waals surface area contributed by atoms with Crippen LogP contribution < -0.4 is 5.56 Å². The molecule has 0 bridgehead atoms. The zero-order valence-electron chi connectivity index (χ0n) is 14.3. The number of hydrogen-bond acceptors (Lipinski definition) is 3. The van der Waals surface area contributed by atoms with Gasteiger partial charge in [0.25, 0.3) is 5.56 Å². The third-order valence-electron chi connectivity index (χ3n) is 5.03. The van der Waals surface area contributed by atoms with Crippen LogP contribution in [-0.2, 0) is 18.3 Å². The van der Waals surface area contributed by atoms with Crippen molar-refractivity contribution in [3.05, 3.63) is 27.2 Å². The van der Waals surface area contributed by atoms with Crippen molar-refractivity contribution < 1.29 is 4.79 Å². The maximum atomic E-state index is 12.7. The first-order valence-corrected chi connectivity index (χ1v) is 8.24. The number of aromatic amines is 1. The Bertz CT molecular complexity index is 818. The van der Waals surface area contributed by atoms with Crippen molar-refractivity contribution in [3.8, 4) is 0 Å². The van der Waals surface area contributed by atoms with Gasteiger partial charge in [0, 0.05) is 25.3 Å². The molecule has 3 heterocycles. The lowest BCUT2D eigenvalue weighted by Gasteiger charge is -2.33. The zero-order chi connectivity index (χ0) is 16.7. The molecule has 1 atom stereocenters. The van der Waals surface area contributed by atoms with Crippen molar-refractivity contribution in [1.29, 1.82) is 0 Å². The Morgan fingerprint density at radius 3 is 2.78 bits per heavy atom. The molecule has 0 aromatic carbocycles. The summed E-state index contributed by atoms with van der Waals surface area (Å²) in [5.74, 6) is 0.136. The summed E-state index contributed by atoms with van der Waals surface area (Å²) in [4.78, 5) is 31.3. The molecule has 2 aromatic rings. The van der Waals surface area contributed by atoms with E-state index in [4.69, 9.17) is 0 Å². The van der Waals surface area contributed by atoms with Crippen molar-refractivity contribution in [1.82, 2.24) is 19.7 Å². The van der Waals surface area contributed by atoms with Crippen LogP contribution >= 0.6 is 0 Å². The van der Waals surface area contributed by atoms with Gasteiger partial charge in [-0.05, 0) is 51.2 Å². The molecule has 1 fully saturated rings. The van der Waals surface area contributed by atoms with E-state index < -0.39 is 0 Å². The number of piperidine rings is 1. The van der Waals surface area contributed by atoms with E-state index in [0.29, 0.717) is 23.5 Å². The summed E-state index contributed by atoms with van der Waals surface area (Å²) < 4.78 is 1.63. The Balaban J connectivity index is 1.98. The van der Waals surface area contributed by atoms with E-state index in [2.05, 4.69) is 17.0 Å². The van der Waals surface area contributed by atoms with E-state index in [1.807, 2.05) is 18.7 Å². The lowest BCUT2D eigenvalue weighted by atomic mass is 9.99. The highest BCUT2D eigenvalue weighted by atomic mass is 16.2. The molecular formula is C17H24N4O2. The second kappa shape index (κ2) is 5.83. The molecule has 3 rings (SSSR count). The van der Waals surface area contributed by atoms with Gasteiger partial charge in [-0.3, -0.25) is 19.4 Å². The average Bonchev–Trinajstić information content (AvgIpc) is 2.78. The number of rotatable bonds is 2. The van der Waals surface area contributed by atoms with Crippen LogP contribution in [0.3, 0.4) is 0 Å². The number of hydrogen-bond donors (Lipinski definition) is 1. The minimum absolute atomic E-state index is 0.136. The number of fused-ring (bicyclic) bond motifs is 1. The molecule has 1 amide bonds. The minimum atomic E-state index is -0.146. The maximum Gasteiger partial charge on any atom is 0.273 e. The number of H-pyrrole nitrogens is 1. The monoisotopic (exact) mass is 316 g/mol. The average molecular weight is 316 g/mol. The van der Waals surface area contributed by atoms with Gasteiger partial charge in [0.15, 0.2) is 5.65 Å². The largest absolute Gasteiger partial charge is 0.340 e. The molecule has 0 saturated carbocycles. The van der Waals surface area contributed by atoms with Crippen LogP contribution in [-0.4, -0.2) is 38.2 Å². The van der Waals surface area contributed by atoms with E-state index in [1.54, 1.807) is 11.7 Å². The van der Waals surface area contributed by atoms with E-state index in [-0.39, 0.29) is 11.5 Å². The summed E-state index contributed by atoms with van der Waals surface area (Å²) >= 11 is 0. The van der Waals surface area contributed by atoms with E-state index in [9.17, 15) is 9.59 Å². The molecule has 0 aliphatic carbocycles. The molecule has 6 heteroatoms. The first-order valence-electron chi connectivity index (χ1n) is 8.24. The number of carbonyl (C=O) groups is 1. The molecule has 0 radical (unpaired) electrons. The summed E-state index contributed by atoms with van der Waals surface area (Å²) in [6.07, 6.45) is 3.65. The third kappa shape index (κ3) is 2.66. The molecule has 0 unspecified atom stereocenters. The van der Waals surface area contributed by atoms with Gasteiger partial charge >= 0.3 is 0 Å². The van der Waals surface area contributed by atoms with Gasteiger partial charge in [0.05, 0.1) is 11.8 Å². The van der Waals surface area contributed by atoms with Crippen molar-refractivity contribution in [2.45, 2.75) is 52.5 Å². The molecule has 6 nitrogen and oxygen atoms in total. The molecule has 0 spiro atoms. The quantitative estimate of drug-likeness (QED) is 0.918. The molecule has 2 aromatic heterocycles.